The zero-order chi connectivity index (χ0) is 22.2. The summed E-state index contributed by atoms with van der Waals surface area (Å²) >= 11 is 0. The molecule has 2 N–H and O–H groups in total. The highest BCUT2D eigenvalue weighted by Crippen LogP contribution is 2.30. The van der Waals surface area contributed by atoms with E-state index in [4.69, 9.17) is 4.74 Å². The zero-order valence-electron chi connectivity index (χ0n) is 17.1. The van der Waals surface area contributed by atoms with E-state index in [-0.39, 0.29) is 23.6 Å². The molecule has 1 saturated carbocycles. The molecule has 1 aliphatic rings. The largest absolute Gasteiger partial charge is 0.480 e. The highest BCUT2D eigenvalue weighted by Gasteiger charge is 2.34. The minimum atomic E-state index is -4.49. The normalized spacial score (nSPS) is 19.4. The first kappa shape index (κ1) is 21.0. The number of hydrogen-bond donors (Lipinski definition) is 2. The molecule has 3 aromatic rings. The lowest BCUT2D eigenvalue weighted by Crippen LogP contribution is -2.40. The van der Waals surface area contributed by atoms with Gasteiger partial charge in [0.15, 0.2) is 5.69 Å². The van der Waals surface area contributed by atoms with Crippen LogP contribution in [0.1, 0.15) is 41.9 Å². The molecule has 0 spiro atoms. The Balaban J connectivity index is 1.37. The van der Waals surface area contributed by atoms with Gasteiger partial charge in [0, 0.05) is 31.4 Å². The van der Waals surface area contributed by atoms with Crippen LogP contribution >= 0.6 is 0 Å². The highest BCUT2D eigenvalue weighted by molar-refractivity contribution is 5.93. The van der Waals surface area contributed by atoms with Crippen LogP contribution in [0.5, 0.6) is 5.88 Å². The van der Waals surface area contributed by atoms with Crippen LogP contribution in [0.3, 0.4) is 0 Å². The lowest BCUT2D eigenvalue weighted by Gasteiger charge is -2.30. The highest BCUT2D eigenvalue weighted by atomic mass is 19.4. The molecular weight excluding hydrogens is 413 g/mol. The van der Waals surface area contributed by atoms with E-state index in [1.165, 1.54) is 16.2 Å². The Labute approximate surface area is 176 Å². The van der Waals surface area contributed by atoms with Gasteiger partial charge in [0.25, 0.3) is 5.91 Å². The van der Waals surface area contributed by atoms with Gasteiger partial charge in [0.05, 0.1) is 7.11 Å². The summed E-state index contributed by atoms with van der Waals surface area (Å²) < 4.78 is 46.9. The smallest absolute Gasteiger partial charge is 0.434 e. The first-order valence-corrected chi connectivity index (χ1v) is 9.95. The summed E-state index contributed by atoms with van der Waals surface area (Å²) in [6, 6.07) is 6.65. The average Bonchev–Trinajstić information content (AvgIpc) is 3.33. The number of imidazole rings is 1. The van der Waals surface area contributed by atoms with Crippen molar-refractivity contribution >= 4 is 17.4 Å². The summed E-state index contributed by atoms with van der Waals surface area (Å²) in [5, 5.41) is 10.4. The number of alkyl halides is 3. The van der Waals surface area contributed by atoms with Crippen molar-refractivity contribution in [1.29, 1.82) is 0 Å². The third kappa shape index (κ3) is 4.44. The lowest BCUT2D eigenvalue weighted by atomic mass is 9.91. The van der Waals surface area contributed by atoms with Gasteiger partial charge in [0.1, 0.15) is 17.2 Å². The number of fused-ring (bicyclic) bond motifs is 1. The molecule has 8 nitrogen and oxygen atoms in total. The maximum atomic E-state index is 13.0. The van der Waals surface area contributed by atoms with Crippen molar-refractivity contribution < 1.29 is 22.7 Å². The van der Waals surface area contributed by atoms with Gasteiger partial charge < -0.3 is 15.4 Å². The van der Waals surface area contributed by atoms with E-state index >= 15 is 0 Å². The van der Waals surface area contributed by atoms with E-state index in [0.717, 1.165) is 31.9 Å². The molecule has 3 heterocycles. The third-order valence-corrected chi connectivity index (χ3v) is 5.50. The van der Waals surface area contributed by atoms with Crippen LogP contribution in [0.25, 0.3) is 5.65 Å². The number of carbonyl (C=O) groups excluding carboxylic acids is 1. The molecule has 0 aliphatic heterocycles. The van der Waals surface area contributed by atoms with Crippen molar-refractivity contribution in [3.63, 3.8) is 0 Å². The van der Waals surface area contributed by atoms with E-state index in [1.807, 2.05) is 0 Å². The molecule has 4 rings (SSSR count). The van der Waals surface area contributed by atoms with Crippen molar-refractivity contribution in [3.8, 4) is 5.88 Å². The number of anilines is 1. The van der Waals surface area contributed by atoms with Crippen LogP contribution in [0.15, 0.2) is 30.5 Å². The first-order chi connectivity index (χ1) is 14.7. The standard InChI is InChI=1S/C20H23F3N6O2/c1-28-14(10-18(27-28)31-2)19(30)25-13-8-6-12(7-9-13)24-16-4-3-5-17-26-15(11-29(16)17)20(21,22)23/h3-5,10-13,24H,6-9H2,1-2H3,(H,25,30). The van der Waals surface area contributed by atoms with Crippen LogP contribution in [-0.2, 0) is 13.2 Å². The quantitative estimate of drug-likeness (QED) is 0.642. The lowest BCUT2D eigenvalue weighted by molar-refractivity contribution is -0.140. The number of aryl methyl sites for hydroxylation is 1. The van der Waals surface area contributed by atoms with Crippen molar-refractivity contribution in [3.05, 3.63) is 41.9 Å². The number of nitrogens with one attached hydrogen (secondary N) is 2. The predicted octanol–water partition coefficient (Wildman–Crippen LogP) is 3.25. The summed E-state index contributed by atoms with van der Waals surface area (Å²) in [6.45, 7) is 0. The molecule has 166 valence electrons. The van der Waals surface area contributed by atoms with Crippen molar-refractivity contribution in [2.75, 3.05) is 12.4 Å². The minimum absolute atomic E-state index is 0.0207. The number of hydrogen-bond acceptors (Lipinski definition) is 5. The summed E-state index contributed by atoms with van der Waals surface area (Å²) in [5.41, 5.74) is -0.255. The summed E-state index contributed by atoms with van der Waals surface area (Å²) in [5.74, 6) is 0.732. The van der Waals surface area contributed by atoms with E-state index in [0.29, 0.717) is 17.4 Å². The fourth-order valence-corrected chi connectivity index (χ4v) is 3.87. The molecule has 0 unspecified atom stereocenters. The van der Waals surface area contributed by atoms with Gasteiger partial charge in [-0.05, 0) is 37.8 Å². The van der Waals surface area contributed by atoms with Crippen molar-refractivity contribution in [2.45, 2.75) is 43.9 Å². The van der Waals surface area contributed by atoms with Gasteiger partial charge in [-0.25, -0.2) is 4.98 Å². The molecule has 1 aliphatic carbocycles. The number of methoxy groups -OCH3 is 1. The minimum Gasteiger partial charge on any atom is -0.480 e. The molecule has 1 amide bonds. The number of ether oxygens (including phenoxy) is 1. The van der Waals surface area contributed by atoms with Gasteiger partial charge in [-0.2, -0.15) is 13.2 Å². The fraction of sp³-hybridized carbons (Fsp3) is 0.450. The Morgan fingerprint density at radius 3 is 2.55 bits per heavy atom. The molecule has 0 bridgehead atoms. The van der Waals surface area contributed by atoms with Crippen molar-refractivity contribution in [2.24, 2.45) is 7.05 Å². The number of amides is 1. The molecule has 1 fully saturated rings. The van der Waals surface area contributed by atoms with Crippen molar-refractivity contribution in [1.82, 2.24) is 24.5 Å². The predicted molar refractivity (Wildman–Crippen MR) is 107 cm³/mol. The van der Waals surface area contributed by atoms with Crippen LogP contribution < -0.4 is 15.4 Å². The number of halogens is 3. The number of nitrogens with zero attached hydrogens (tertiary/aromatic N) is 4. The van der Waals surface area contributed by atoms with E-state index in [9.17, 15) is 18.0 Å². The maximum absolute atomic E-state index is 13.0. The molecule has 0 atom stereocenters. The Morgan fingerprint density at radius 2 is 1.90 bits per heavy atom. The van der Waals surface area contributed by atoms with Gasteiger partial charge in [0.2, 0.25) is 5.88 Å². The Hall–Kier alpha value is -3.24. The SMILES string of the molecule is COc1cc(C(=O)NC2CCC(Nc3cccc4nc(C(F)(F)F)cn34)CC2)n(C)n1. The molecule has 0 radical (unpaired) electrons. The van der Waals surface area contributed by atoms with Crippen LogP contribution in [-0.4, -0.2) is 44.3 Å². The van der Waals surface area contributed by atoms with E-state index < -0.39 is 11.9 Å². The Morgan fingerprint density at radius 1 is 1.19 bits per heavy atom. The topological polar surface area (TPSA) is 85.5 Å². The first-order valence-electron chi connectivity index (χ1n) is 9.95. The molecule has 11 heteroatoms. The van der Waals surface area contributed by atoms with E-state index in [2.05, 4.69) is 20.7 Å². The maximum Gasteiger partial charge on any atom is 0.434 e. The fourth-order valence-electron chi connectivity index (χ4n) is 3.87. The average molecular weight is 436 g/mol. The van der Waals surface area contributed by atoms with Gasteiger partial charge in [-0.1, -0.05) is 6.07 Å². The van der Waals surface area contributed by atoms with E-state index in [1.54, 1.807) is 31.3 Å². The zero-order valence-corrected chi connectivity index (χ0v) is 17.1. The number of rotatable bonds is 5. The summed E-state index contributed by atoms with van der Waals surface area (Å²) in [4.78, 5) is 16.2. The monoisotopic (exact) mass is 436 g/mol. The number of pyridine rings is 1. The molecule has 31 heavy (non-hydrogen) atoms. The summed E-state index contributed by atoms with van der Waals surface area (Å²) in [7, 11) is 3.17. The summed E-state index contributed by atoms with van der Waals surface area (Å²) in [6.07, 6.45) is -0.422. The Kier molecular flexibility index (Phi) is 5.50. The molecule has 3 aromatic heterocycles. The Bertz CT molecular complexity index is 1080. The molecule has 0 saturated heterocycles. The van der Waals surface area contributed by atoms with Gasteiger partial charge >= 0.3 is 6.18 Å². The molecular formula is C20H23F3N6O2. The second kappa shape index (κ2) is 8.12. The number of aromatic nitrogens is 4. The second-order valence-corrected chi connectivity index (χ2v) is 7.63. The van der Waals surface area contributed by atoms with Crippen LogP contribution in [0.4, 0.5) is 19.0 Å². The second-order valence-electron chi connectivity index (χ2n) is 7.63. The van der Waals surface area contributed by atoms with Gasteiger partial charge in [-0.3, -0.25) is 13.9 Å². The van der Waals surface area contributed by atoms with Gasteiger partial charge in [-0.15, -0.1) is 5.10 Å². The molecule has 0 aromatic carbocycles. The number of carbonyl (C=O) groups is 1. The third-order valence-electron chi connectivity index (χ3n) is 5.50. The van der Waals surface area contributed by atoms with Crippen LogP contribution in [0.2, 0.25) is 0 Å². The van der Waals surface area contributed by atoms with Crippen LogP contribution in [0, 0.1) is 0 Å².